The van der Waals surface area contributed by atoms with Crippen LogP contribution in [0.3, 0.4) is 0 Å². The molecule has 0 spiro atoms. The maximum Gasteiger partial charge on any atom is 0.326 e. The number of rotatable bonds is 15. The zero-order valence-electron chi connectivity index (χ0n) is 23.8. The molecule has 0 heterocycles. The molecule has 0 aliphatic rings. The van der Waals surface area contributed by atoms with E-state index in [2.05, 4.69) is 5.32 Å². The summed E-state index contributed by atoms with van der Waals surface area (Å²) in [5, 5.41) is 2.49. The molecule has 224 valence electrons. The van der Waals surface area contributed by atoms with Gasteiger partial charge in [-0.25, -0.2) is 8.42 Å². The number of nitrogens with zero attached hydrogens (tertiary/aromatic N) is 1. The van der Waals surface area contributed by atoms with Crippen molar-refractivity contribution < 1.29 is 37.1 Å². The van der Waals surface area contributed by atoms with E-state index in [4.69, 9.17) is 15.2 Å². The third kappa shape index (κ3) is 12.1. The van der Waals surface area contributed by atoms with E-state index < -0.39 is 64.1 Å². The lowest BCUT2D eigenvalue weighted by molar-refractivity contribution is -0.149. The highest BCUT2D eigenvalue weighted by Crippen LogP contribution is 2.17. The highest BCUT2D eigenvalue weighted by molar-refractivity contribution is 7.90. The van der Waals surface area contributed by atoms with Crippen LogP contribution in [0.4, 0.5) is 5.69 Å². The van der Waals surface area contributed by atoms with E-state index in [0.717, 1.165) is 4.90 Å². The Balaban J connectivity index is 2.32. The predicted molar refractivity (Wildman–Crippen MR) is 154 cm³/mol. The fourth-order valence-electron chi connectivity index (χ4n) is 3.83. The van der Waals surface area contributed by atoms with Crippen molar-refractivity contribution >= 4 is 39.3 Å². The lowest BCUT2D eigenvalue weighted by atomic mass is 10.1. The lowest BCUT2D eigenvalue weighted by Crippen LogP contribution is -2.53. The van der Waals surface area contributed by atoms with Crippen LogP contribution in [0.5, 0.6) is 0 Å². The first-order valence-corrected chi connectivity index (χ1v) is 15.1. The molecule has 0 aliphatic heterocycles. The minimum absolute atomic E-state index is 0.0851. The van der Waals surface area contributed by atoms with Gasteiger partial charge in [-0.05, 0) is 51.8 Å². The summed E-state index contributed by atoms with van der Waals surface area (Å²) in [4.78, 5) is 52.4. The van der Waals surface area contributed by atoms with Crippen molar-refractivity contribution in [1.29, 1.82) is 0 Å². The van der Waals surface area contributed by atoms with Crippen LogP contribution >= 0.6 is 0 Å². The maximum absolute atomic E-state index is 13.8. The smallest absolute Gasteiger partial charge is 0.326 e. The largest absolute Gasteiger partial charge is 0.462 e. The molecular weight excluding hydrogens is 550 g/mol. The topological polar surface area (TPSA) is 162 Å². The van der Waals surface area contributed by atoms with Crippen molar-refractivity contribution in [2.75, 3.05) is 17.2 Å². The maximum atomic E-state index is 13.8. The van der Waals surface area contributed by atoms with Crippen LogP contribution in [0.1, 0.15) is 46.1 Å². The first kappa shape index (κ1) is 33.4. The average Bonchev–Trinajstić information content (AvgIpc) is 2.89. The second-order valence-corrected chi connectivity index (χ2v) is 12.2. The Kier molecular flexibility index (Phi) is 12.9. The Morgan fingerprint density at radius 3 is 2.00 bits per heavy atom. The van der Waals surface area contributed by atoms with Gasteiger partial charge < -0.3 is 20.5 Å². The number of sulfone groups is 1. The number of hydrogen-bond donors (Lipinski definition) is 2. The Labute approximate surface area is 241 Å². The van der Waals surface area contributed by atoms with Gasteiger partial charge in [-0.3, -0.25) is 24.1 Å². The molecule has 0 unspecified atom stereocenters. The number of anilines is 1. The number of para-hydroxylation sites is 1. The minimum Gasteiger partial charge on any atom is -0.462 e. The van der Waals surface area contributed by atoms with Gasteiger partial charge in [-0.1, -0.05) is 48.5 Å². The van der Waals surface area contributed by atoms with Crippen molar-refractivity contribution in [3.8, 4) is 0 Å². The summed E-state index contributed by atoms with van der Waals surface area (Å²) in [6.45, 7) is 6.15. The van der Waals surface area contributed by atoms with Gasteiger partial charge >= 0.3 is 11.9 Å². The quantitative estimate of drug-likeness (QED) is 0.296. The molecule has 0 aromatic heterocycles. The number of carbonyl (C=O) groups excluding carboxylic acids is 4. The molecule has 2 aromatic carbocycles. The van der Waals surface area contributed by atoms with Crippen LogP contribution in [-0.4, -0.2) is 68.8 Å². The fourth-order valence-corrected chi connectivity index (χ4v) is 5.38. The molecule has 2 aromatic rings. The van der Waals surface area contributed by atoms with Gasteiger partial charge in [0, 0.05) is 12.1 Å². The highest BCUT2D eigenvalue weighted by Gasteiger charge is 2.33. The van der Waals surface area contributed by atoms with E-state index in [1.165, 1.54) is 0 Å². The van der Waals surface area contributed by atoms with Gasteiger partial charge in [0.15, 0.2) is 9.84 Å². The van der Waals surface area contributed by atoms with Gasteiger partial charge in [0.2, 0.25) is 5.91 Å². The molecule has 2 rings (SSSR count). The summed E-state index contributed by atoms with van der Waals surface area (Å²) in [6, 6.07) is 14.0. The van der Waals surface area contributed by atoms with Gasteiger partial charge in [0.25, 0.3) is 5.91 Å². The number of carbonyl (C=O) groups is 4. The number of esters is 2. The summed E-state index contributed by atoms with van der Waals surface area (Å²) in [6.07, 6.45) is -1.18. The van der Waals surface area contributed by atoms with Crippen LogP contribution in [0.15, 0.2) is 60.7 Å². The second-order valence-electron chi connectivity index (χ2n) is 10.1. The first-order valence-electron chi connectivity index (χ1n) is 13.3. The van der Waals surface area contributed by atoms with E-state index in [9.17, 15) is 27.6 Å². The second kappa shape index (κ2) is 15.9. The van der Waals surface area contributed by atoms with Gasteiger partial charge in [-0.2, -0.15) is 0 Å². The highest BCUT2D eigenvalue weighted by atomic mass is 32.2. The molecule has 2 atom stereocenters. The standard InChI is InChI=1S/C29H39N3O8S/c1-20(2)39-27(34)17-32(23-13-9-6-10-14-23)28(35)25(19-41(37,38)18-22-11-7-5-8-12-22)31-26(33)16-15-24(30)29(36)40-21(3)4/h5-14,20-21,24-25H,15-19,30H2,1-4H3,(H,31,33)/t24-,25-/m0/s1. The van der Waals surface area contributed by atoms with E-state index in [1.54, 1.807) is 88.4 Å². The third-order valence-electron chi connectivity index (χ3n) is 5.61. The van der Waals surface area contributed by atoms with Crippen LogP contribution in [0.2, 0.25) is 0 Å². The van der Waals surface area contributed by atoms with Crippen LogP contribution < -0.4 is 16.0 Å². The Morgan fingerprint density at radius 1 is 0.878 bits per heavy atom. The van der Waals surface area contributed by atoms with Gasteiger partial charge in [0.05, 0.1) is 23.7 Å². The summed E-state index contributed by atoms with van der Waals surface area (Å²) in [5.74, 6) is -3.97. The molecule has 0 saturated heterocycles. The molecule has 2 amide bonds. The molecule has 12 heteroatoms. The monoisotopic (exact) mass is 589 g/mol. The number of amides is 2. The molecular formula is C29H39N3O8S. The van der Waals surface area contributed by atoms with Crippen LogP contribution in [-0.2, 0) is 44.2 Å². The van der Waals surface area contributed by atoms with E-state index in [0.29, 0.717) is 11.3 Å². The normalized spacial score (nSPS) is 12.9. The molecule has 3 N–H and O–H groups in total. The summed E-state index contributed by atoms with van der Waals surface area (Å²) in [7, 11) is -3.92. The number of benzene rings is 2. The fraction of sp³-hybridized carbons (Fsp3) is 0.448. The molecule has 0 radical (unpaired) electrons. The lowest BCUT2D eigenvalue weighted by Gasteiger charge is -2.28. The number of ether oxygens (including phenoxy) is 2. The molecule has 0 fully saturated rings. The SMILES string of the molecule is CC(C)OC(=O)CN(C(=O)[C@H](CS(=O)(=O)Cc1ccccc1)NC(=O)CC[C@H](N)C(=O)OC(C)C)c1ccccc1. The van der Waals surface area contributed by atoms with Crippen molar-refractivity contribution in [2.45, 2.75) is 70.6 Å². The zero-order valence-corrected chi connectivity index (χ0v) is 24.6. The number of nitrogens with one attached hydrogen (secondary N) is 1. The van der Waals surface area contributed by atoms with E-state index in [1.807, 2.05) is 0 Å². The average molecular weight is 590 g/mol. The van der Waals surface area contributed by atoms with E-state index >= 15 is 0 Å². The number of hydrogen-bond acceptors (Lipinski definition) is 9. The first-order chi connectivity index (χ1) is 19.3. The predicted octanol–water partition coefficient (Wildman–Crippen LogP) is 2.13. The van der Waals surface area contributed by atoms with Crippen molar-refractivity contribution in [3.05, 3.63) is 66.2 Å². The zero-order chi connectivity index (χ0) is 30.6. The van der Waals surface area contributed by atoms with Crippen LogP contribution in [0.25, 0.3) is 0 Å². The Hall–Kier alpha value is -3.77. The third-order valence-corrected chi connectivity index (χ3v) is 7.22. The Morgan fingerprint density at radius 2 is 1.44 bits per heavy atom. The summed E-state index contributed by atoms with van der Waals surface area (Å²) >= 11 is 0. The van der Waals surface area contributed by atoms with Crippen molar-refractivity contribution in [3.63, 3.8) is 0 Å². The molecule has 0 aliphatic carbocycles. The van der Waals surface area contributed by atoms with Crippen molar-refractivity contribution in [1.82, 2.24) is 5.32 Å². The molecule has 0 saturated carbocycles. The van der Waals surface area contributed by atoms with Gasteiger partial charge in [-0.15, -0.1) is 0 Å². The number of nitrogens with two attached hydrogens (primary N) is 1. The van der Waals surface area contributed by atoms with E-state index in [-0.39, 0.29) is 24.7 Å². The summed E-state index contributed by atoms with van der Waals surface area (Å²) < 4.78 is 36.6. The molecule has 11 nitrogen and oxygen atoms in total. The van der Waals surface area contributed by atoms with Crippen molar-refractivity contribution in [2.24, 2.45) is 5.73 Å². The summed E-state index contributed by atoms with van der Waals surface area (Å²) in [5.41, 5.74) is 6.66. The van der Waals surface area contributed by atoms with Gasteiger partial charge in [0.1, 0.15) is 18.6 Å². The Bertz CT molecular complexity index is 1270. The molecule has 0 bridgehead atoms. The molecule has 41 heavy (non-hydrogen) atoms. The minimum atomic E-state index is -3.92. The van der Waals surface area contributed by atoms with Crippen LogP contribution in [0, 0.1) is 0 Å².